The number of ether oxygens (including phenoxy) is 1. The quantitative estimate of drug-likeness (QED) is 0.395. The second-order valence-electron chi connectivity index (χ2n) is 9.51. The van der Waals surface area contributed by atoms with Crippen LogP contribution < -0.4 is 10.8 Å². The normalized spacial score (nSPS) is 18.9. The SMILES string of the molecule is CC(C)[C@@]1(C(=O)N[C@@H](CC(=O)OC(C)(C)C)C(=O)CBr)C=C(c2nccc3ccccc23)NO1. The summed E-state index contributed by atoms with van der Waals surface area (Å²) in [6, 6.07) is 8.63. The summed E-state index contributed by atoms with van der Waals surface area (Å²) in [5.74, 6) is -1.75. The molecule has 0 spiro atoms. The molecule has 2 aromatic rings. The second kappa shape index (κ2) is 10.2. The maximum Gasteiger partial charge on any atom is 0.308 e. The fourth-order valence-corrected chi connectivity index (χ4v) is 4.07. The Hall–Kier alpha value is -2.78. The molecule has 34 heavy (non-hydrogen) atoms. The number of ketones is 1. The number of nitrogens with zero attached hydrogens (tertiary/aromatic N) is 1. The minimum absolute atomic E-state index is 0.0183. The molecule has 2 heterocycles. The van der Waals surface area contributed by atoms with E-state index in [-0.39, 0.29) is 23.5 Å². The number of fused-ring (bicyclic) bond motifs is 1. The monoisotopic (exact) mass is 531 g/mol. The van der Waals surface area contributed by atoms with Crippen molar-refractivity contribution in [3.63, 3.8) is 0 Å². The number of hydrogen-bond donors (Lipinski definition) is 2. The number of nitrogens with one attached hydrogen (secondary N) is 2. The predicted molar refractivity (Wildman–Crippen MR) is 133 cm³/mol. The van der Waals surface area contributed by atoms with Crippen LogP contribution in [-0.2, 0) is 24.0 Å². The molecule has 0 unspecified atom stereocenters. The van der Waals surface area contributed by atoms with Gasteiger partial charge in [0, 0.05) is 11.6 Å². The fourth-order valence-electron chi connectivity index (χ4n) is 3.68. The molecule has 1 aliphatic heterocycles. The number of carbonyl (C=O) groups excluding carboxylic acids is 3. The van der Waals surface area contributed by atoms with E-state index in [1.165, 1.54) is 0 Å². The average Bonchev–Trinajstić information content (AvgIpc) is 3.23. The molecule has 3 rings (SSSR count). The van der Waals surface area contributed by atoms with E-state index in [1.54, 1.807) is 33.0 Å². The first kappa shape index (κ1) is 25.8. The number of Topliss-reactive ketones (excluding diaryl/α,β-unsaturated/α-hetero) is 1. The van der Waals surface area contributed by atoms with Crippen LogP contribution in [0.15, 0.2) is 42.6 Å². The van der Waals surface area contributed by atoms with Gasteiger partial charge in [0.25, 0.3) is 5.91 Å². The number of esters is 1. The smallest absolute Gasteiger partial charge is 0.308 e. The molecule has 0 radical (unpaired) electrons. The minimum atomic E-state index is -1.41. The van der Waals surface area contributed by atoms with Crippen LogP contribution in [-0.4, -0.2) is 45.2 Å². The van der Waals surface area contributed by atoms with Gasteiger partial charge >= 0.3 is 5.97 Å². The van der Waals surface area contributed by atoms with Gasteiger partial charge in [-0.3, -0.25) is 29.7 Å². The zero-order valence-electron chi connectivity index (χ0n) is 20.0. The molecule has 1 aliphatic rings. The van der Waals surface area contributed by atoms with Crippen LogP contribution in [0.1, 0.15) is 46.7 Å². The summed E-state index contributed by atoms with van der Waals surface area (Å²) >= 11 is 3.13. The van der Waals surface area contributed by atoms with Gasteiger partial charge in [-0.15, -0.1) is 0 Å². The van der Waals surface area contributed by atoms with Crippen LogP contribution in [0.3, 0.4) is 0 Å². The van der Waals surface area contributed by atoms with Crippen molar-refractivity contribution in [1.29, 1.82) is 0 Å². The van der Waals surface area contributed by atoms with Gasteiger partial charge < -0.3 is 10.1 Å². The fraction of sp³-hybridized carbons (Fsp3) is 0.440. The Bertz CT molecular complexity index is 1120. The Morgan fingerprint density at radius 1 is 1.21 bits per heavy atom. The highest BCUT2D eigenvalue weighted by Crippen LogP contribution is 2.34. The Balaban J connectivity index is 1.90. The summed E-state index contributed by atoms with van der Waals surface area (Å²) < 4.78 is 5.34. The van der Waals surface area contributed by atoms with Gasteiger partial charge in [-0.2, -0.15) is 0 Å². The summed E-state index contributed by atoms with van der Waals surface area (Å²) in [6.45, 7) is 8.90. The molecule has 8 nitrogen and oxygen atoms in total. The Morgan fingerprint density at radius 2 is 1.91 bits per heavy atom. The predicted octanol–water partition coefficient (Wildman–Crippen LogP) is 3.69. The van der Waals surface area contributed by atoms with Crippen LogP contribution in [0.2, 0.25) is 0 Å². The number of carbonyl (C=O) groups is 3. The summed E-state index contributed by atoms with van der Waals surface area (Å²) in [4.78, 5) is 48.7. The largest absolute Gasteiger partial charge is 0.460 e. The number of aromatic nitrogens is 1. The van der Waals surface area contributed by atoms with Gasteiger partial charge in [-0.05, 0) is 44.2 Å². The Labute approximate surface area is 207 Å². The van der Waals surface area contributed by atoms with Crippen LogP contribution in [0.25, 0.3) is 16.5 Å². The van der Waals surface area contributed by atoms with E-state index >= 15 is 0 Å². The van der Waals surface area contributed by atoms with Crippen molar-refractivity contribution in [2.75, 3.05) is 5.33 Å². The van der Waals surface area contributed by atoms with Crippen LogP contribution in [0.5, 0.6) is 0 Å². The molecule has 0 fully saturated rings. The van der Waals surface area contributed by atoms with Crippen molar-refractivity contribution >= 4 is 50.1 Å². The van der Waals surface area contributed by atoms with Crippen LogP contribution in [0, 0.1) is 5.92 Å². The zero-order valence-corrected chi connectivity index (χ0v) is 21.6. The van der Waals surface area contributed by atoms with Gasteiger partial charge in [0.05, 0.1) is 29.2 Å². The van der Waals surface area contributed by atoms with E-state index in [0.29, 0.717) is 11.4 Å². The molecular formula is C25H30BrN3O5. The molecule has 0 bridgehead atoms. The maximum absolute atomic E-state index is 13.5. The highest BCUT2D eigenvalue weighted by Gasteiger charge is 2.47. The lowest BCUT2D eigenvalue weighted by atomic mass is 9.87. The Morgan fingerprint density at radius 3 is 2.56 bits per heavy atom. The zero-order chi connectivity index (χ0) is 25.1. The van der Waals surface area contributed by atoms with Gasteiger partial charge in [0.15, 0.2) is 11.4 Å². The van der Waals surface area contributed by atoms with E-state index in [0.717, 1.165) is 10.8 Å². The minimum Gasteiger partial charge on any atom is -0.460 e. The number of rotatable bonds is 8. The molecule has 1 aromatic carbocycles. The number of pyridine rings is 1. The highest BCUT2D eigenvalue weighted by atomic mass is 79.9. The number of amides is 1. The lowest BCUT2D eigenvalue weighted by Gasteiger charge is -2.30. The van der Waals surface area contributed by atoms with E-state index in [1.807, 2.05) is 44.2 Å². The van der Waals surface area contributed by atoms with E-state index < -0.39 is 29.1 Å². The molecule has 2 N–H and O–H groups in total. The van der Waals surface area contributed by atoms with Crippen molar-refractivity contribution < 1.29 is 24.0 Å². The van der Waals surface area contributed by atoms with Crippen molar-refractivity contribution in [3.05, 3.63) is 48.3 Å². The molecular weight excluding hydrogens is 502 g/mol. The van der Waals surface area contributed by atoms with Crippen LogP contribution in [0.4, 0.5) is 0 Å². The summed E-state index contributed by atoms with van der Waals surface area (Å²) in [5, 5.41) is 4.60. The molecule has 2 atom stereocenters. The summed E-state index contributed by atoms with van der Waals surface area (Å²) in [7, 11) is 0. The molecule has 0 saturated carbocycles. The van der Waals surface area contributed by atoms with Gasteiger partial charge in [-0.1, -0.05) is 54.0 Å². The average molecular weight is 532 g/mol. The van der Waals surface area contributed by atoms with Gasteiger partial charge in [-0.25, -0.2) is 0 Å². The number of hydroxylamine groups is 1. The molecule has 0 saturated heterocycles. The lowest BCUT2D eigenvalue weighted by molar-refractivity contribution is -0.157. The number of halogens is 1. The van der Waals surface area contributed by atoms with Crippen molar-refractivity contribution in [2.24, 2.45) is 5.92 Å². The third-order valence-electron chi connectivity index (χ3n) is 5.45. The van der Waals surface area contributed by atoms with Crippen LogP contribution >= 0.6 is 15.9 Å². The summed E-state index contributed by atoms with van der Waals surface area (Å²) in [5.41, 5.74) is 1.94. The Kier molecular flexibility index (Phi) is 7.77. The maximum atomic E-state index is 13.5. The highest BCUT2D eigenvalue weighted by molar-refractivity contribution is 9.09. The van der Waals surface area contributed by atoms with E-state index in [4.69, 9.17) is 9.57 Å². The van der Waals surface area contributed by atoms with E-state index in [9.17, 15) is 14.4 Å². The number of alkyl halides is 1. The lowest BCUT2D eigenvalue weighted by Crippen LogP contribution is -2.55. The van der Waals surface area contributed by atoms with Gasteiger partial charge in [0.2, 0.25) is 0 Å². The number of hydrogen-bond acceptors (Lipinski definition) is 7. The topological polar surface area (TPSA) is 107 Å². The second-order valence-corrected chi connectivity index (χ2v) is 10.1. The molecule has 1 aromatic heterocycles. The third-order valence-corrected chi connectivity index (χ3v) is 6.00. The molecule has 0 aliphatic carbocycles. The van der Waals surface area contributed by atoms with Crippen molar-refractivity contribution in [1.82, 2.24) is 15.8 Å². The van der Waals surface area contributed by atoms with Gasteiger partial charge in [0.1, 0.15) is 5.60 Å². The third kappa shape index (κ3) is 5.64. The first-order valence-corrected chi connectivity index (χ1v) is 12.2. The molecule has 9 heteroatoms. The van der Waals surface area contributed by atoms with E-state index in [2.05, 4.69) is 31.7 Å². The first-order valence-electron chi connectivity index (χ1n) is 11.1. The van der Waals surface area contributed by atoms with Crippen molar-refractivity contribution in [2.45, 2.75) is 58.3 Å². The number of benzene rings is 1. The molecule has 182 valence electrons. The molecule has 1 amide bonds. The van der Waals surface area contributed by atoms with Crippen molar-refractivity contribution in [3.8, 4) is 0 Å². The first-order chi connectivity index (χ1) is 16.0. The standard InChI is InChI=1S/C25H30BrN3O5/c1-15(2)25(23(32)28-18(20(30)14-26)12-21(31)33-24(3,4)5)13-19(29-34-25)22-17-9-7-6-8-16(17)10-11-27-22/h6-11,13,15,18,29H,12,14H2,1-5H3,(H,28,32)/t18-,25+/m0/s1. The summed E-state index contributed by atoms with van der Waals surface area (Å²) in [6.07, 6.45) is 3.10.